The fourth-order valence-corrected chi connectivity index (χ4v) is 3.33. The normalized spacial score (nSPS) is 19.7. The van der Waals surface area contributed by atoms with E-state index in [9.17, 15) is 8.42 Å². The zero-order chi connectivity index (χ0) is 14.0. The van der Waals surface area contributed by atoms with Gasteiger partial charge in [0.05, 0.1) is 11.3 Å². The third kappa shape index (κ3) is 2.99. The molecule has 2 unspecified atom stereocenters. The summed E-state index contributed by atoms with van der Waals surface area (Å²) in [5, 5.41) is -0.543. The number of sulfone groups is 1. The third-order valence-corrected chi connectivity index (χ3v) is 5.82. The molecule has 0 bridgehead atoms. The van der Waals surface area contributed by atoms with Crippen LogP contribution in [0.15, 0.2) is 24.3 Å². The molecule has 0 amide bonds. The van der Waals surface area contributed by atoms with Crippen LogP contribution in [0.2, 0.25) is 0 Å². The van der Waals surface area contributed by atoms with E-state index < -0.39 is 15.1 Å². The number of hydrazine groups is 1. The molecule has 0 heterocycles. The molecule has 0 aromatic heterocycles. The van der Waals surface area contributed by atoms with Gasteiger partial charge in [0, 0.05) is 6.26 Å². The van der Waals surface area contributed by atoms with Gasteiger partial charge >= 0.3 is 0 Å². The molecule has 1 aliphatic rings. The molecule has 0 spiro atoms. The Labute approximate surface area is 115 Å². The molecule has 2 atom stereocenters. The Morgan fingerprint density at radius 2 is 1.95 bits per heavy atom. The highest BCUT2D eigenvalue weighted by molar-refractivity contribution is 7.91. The van der Waals surface area contributed by atoms with Crippen LogP contribution in [0, 0.1) is 0 Å². The van der Waals surface area contributed by atoms with Gasteiger partial charge in [-0.2, -0.15) is 0 Å². The Morgan fingerprint density at radius 3 is 2.42 bits per heavy atom. The Balaban J connectivity index is 2.38. The van der Waals surface area contributed by atoms with Crippen LogP contribution in [0.1, 0.15) is 49.3 Å². The lowest BCUT2D eigenvalue weighted by molar-refractivity contribution is 0.410. The molecule has 2 rings (SSSR count). The van der Waals surface area contributed by atoms with Gasteiger partial charge < -0.3 is 0 Å². The minimum absolute atomic E-state index is 0.355. The SMILES string of the molecule is CC(C(NN)c1ccccc1C1CCC1)S(C)(=O)=O. The number of hydrogen-bond donors (Lipinski definition) is 2. The Hall–Kier alpha value is -0.910. The topological polar surface area (TPSA) is 72.2 Å². The molecular weight excluding hydrogens is 260 g/mol. The van der Waals surface area contributed by atoms with Gasteiger partial charge in [0.1, 0.15) is 0 Å². The van der Waals surface area contributed by atoms with Gasteiger partial charge in [-0.3, -0.25) is 11.3 Å². The lowest BCUT2D eigenvalue weighted by atomic mass is 9.77. The lowest BCUT2D eigenvalue weighted by Gasteiger charge is -2.31. The molecule has 1 fully saturated rings. The van der Waals surface area contributed by atoms with Crippen molar-refractivity contribution in [3.8, 4) is 0 Å². The molecule has 1 aromatic rings. The Bertz CT molecular complexity index is 538. The maximum absolute atomic E-state index is 11.8. The van der Waals surface area contributed by atoms with Crippen molar-refractivity contribution in [2.45, 2.75) is 43.4 Å². The molecule has 5 heteroatoms. The van der Waals surface area contributed by atoms with E-state index in [0.717, 1.165) is 5.56 Å². The quantitative estimate of drug-likeness (QED) is 0.639. The second-order valence-corrected chi connectivity index (χ2v) is 7.84. The van der Waals surface area contributed by atoms with Crippen LogP contribution in [0.4, 0.5) is 0 Å². The van der Waals surface area contributed by atoms with Crippen molar-refractivity contribution < 1.29 is 8.42 Å². The molecule has 0 radical (unpaired) electrons. The molecule has 0 aliphatic heterocycles. The number of nitrogens with one attached hydrogen (secondary N) is 1. The van der Waals surface area contributed by atoms with Crippen LogP contribution in [0.25, 0.3) is 0 Å². The maximum atomic E-state index is 11.8. The van der Waals surface area contributed by atoms with E-state index in [2.05, 4.69) is 11.5 Å². The van der Waals surface area contributed by atoms with Crippen molar-refractivity contribution in [2.75, 3.05) is 6.26 Å². The number of nitrogens with two attached hydrogens (primary N) is 1. The minimum Gasteiger partial charge on any atom is -0.271 e. The summed E-state index contributed by atoms with van der Waals surface area (Å²) < 4.78 is 23.5. The van der Waals surface area contributed by atoms with Crippen molar-refractivity contribution in [1.82, 2.24) is 5.43 Å². The first kappa shape index (κ1) is 14.5. The molecule has 1 aliphatic carbocycles. The summed E-state index contributed by atoms with van der Waals surface area (Å²) in [5.41, 5.74) is 4.95. The van der Waals surface area contributed by atoms with Crippen LogP contribution in [0.3, 0.4) is 0 Å². The number of benzene rings is 1. The van der Waals surface area contributed by atoms with Crippen LogP contribution in [-0.2, 0) is 9.84 Å². The van der Waals surface area contributed by atoms with Crippen LogP contribution >= 0.6 is 0 Å². The van der Waals surface area contributed by atoms with Gasteiger partial charge in [-0.1, -0.05) is 30.7 Å². The van der Waals surface area contributed by atoms with Crippen molar-refractivity contribution in [1.29, 1.82) is 0 Å². The summed E-state index contributed by atoms with van der Waals surface area (Å²) in [6.45, 7) is 1.71. The zero-order valence-electron chi connectivity index (χ0n) is 11.5. The van der Waals surface area contributed by atoms with E-state index in [-0.39, 0.29) is 6.04 Å². The van der Waals surface area contributed by atoms with Crippen molar-refractivity contribution in [2.24, 2.45) is 5.84 Å². The number of hydrogen-bond acceptors (Lipinski definition) is 4. The molecule has 19 heavy (non-hydrogen) atoms. The molecular formula is C14H22N2O2S. The monoisotopic (exact) mass is 282 g/mol. The molecule has 0 saturated heterocycles. The van der Waals surface area contributed by atoms with Crippen LogP contribution in [0.5, 0.6) is 0 Å². The summed E-state index contributed by atoms with van der Waals surface area (Å²) in [6.07, 6.45) is 4.87. The van der Waals surface area contributed by atoms with Crippen molar-refractivity contribution >= 4 is 9.84 Å². The second kappa shape index (κ2) is 5.61. The van der Waals surface area contributed by atoms with Crippen molar-refractivity contribution in [3.63, 3.8) is 0 Å². The van der Waals surface area contributed by atoms with Gasteiger partial charge in [-0.25, -0.2) is 8.42 Å². The second-order valence-electron chi connectivity index (χ2n) is 5.44. The maximum Gasteiger partial charge on any atom is 0.151 e. The first-order valence-electron chi connectivity index (χ1n) is 6.69. The predicted octanol–water partition coefficient (Wildman–Crippen LogP) is 1.89. The Morgan fingerprint density at radius 1 is 1.32 bits per heavy atom. The summed E-state index contributed by atoms with van der Waals surface area (Å²) in [6, 6.07) is 7.68. The van der Waals surface area contributed by atoms with Crippen molar-refractivity contribution in [3.05, 3.63) is 35.4 Å². The van der Waals surface area contributed by atoms with Crippen LogP contribution in [-0.4, -0.2) is 19.9 Å². The first-order valence-corrected chi connectivity index (χ1v) is 8.64. The fourth-order valence-electron chi connectivity index (χ4n) is 2.61. The standard InChI is InChI=1S/C14H22N2O2S/c1-10(19(2,17)18)14(16-15)13-9-4-3-8-12(13)11-6-5-7-11/h3-4,8-11,14,16H,5-7,15H2,1-2H3. The van der Waals surface area contributed by atoms with E-state index in [1.165, 1.54) is 31.1 Å². The average Bonchev–Trinajstić information content (AvgIpc) is 2.28. The summed E-state index contributed by atoms with van der Waals surface area (Å²) in [5.74, 6) is 6.17. The lowest BCUT2D eigenvalue weighted by Crippen LogP contribution is -2.39. The third-order valence-electron chi connectivity index (χ3n) is 4.20. The van der Waals surface area contributed by atoms with Gasteiger partial charge in [-0.15, -0.1) is 0 Å². The van der Waals surface area contributed by atoms with E-state index >= 15 is 0 Å². The zero-order valence-corrected chi connectivity index (χ0v) is 12.3. The van der Waals surface area contributed by atoms with E-state index in [1.807, 2.05) is 18.2 Å². The highest BCUT2D eigenvalue weighted by atomic mass is 32.2. The minimum atomic E-state index is -3.14. The van der Waals surface area contributed by atoms with E-state index in [1.54, 1.807) is 6.92 Å². The van der Waals surface area contributed by atoms with Gasteiger partial charge in [0.25, 0.3) is 0 Å². The highest BCUT2D eigenvalue weighted by Crippen LogP contribution is 2.40. The highest BCUT2D eigenvalue weighted by Gasteiger charge is 2.31. The van der Waals surface area contributed by atoms with Gasteiger partial charge in [-0.05, 0) is 36.8 Å². The first-order chi connectivity index (χ1) is 8.95. The summed E-state index contributed by atoms with van der Waals surface area (Å²) in [7, 11) is -3.14. The molecule has 1 saturated carbocycles. The predicted molar refractivity (Wildman–Crippen MR) is 77.4 cm³/mol. The smallest absolute Gasteiger partial charge is 0.151 e. The largest absolute Gasteiger partial charge is 0.271 e. The van der Waals surface area contributed by atoms with Gasteiger partial charge in [0.15, 0.2) is 9.84 Å². The van der Waals surface area contributed by atoms with E-state index in [0.29, 0.717) is 5.92 Å². The average molecular weight is 282 g/mol. The fraction of sp³-hybridized carbons (Fsp3) is 0.571. The Kier molecular flexibility index (Phi) is 4.28. The molecule has 4 nitrogen and oxygen atoms in total. The van der Waals surface area contributed by atoms with Gasteiger partial charge in [0.2, 0.25) is 0 Å². The van der Waals surface area contributed by atoms with Crippen LogP contribution < -0.4 is 11.3 Å². The molecule has 3 N–H and O–H groups in total. The summed E-state index contributed by atoms with van der Waals surface area (Å²) in [4.78, 5) is 0. The van der Waals surface area contributed by atoms with E-state index in [4.69, 9.17) is 5.84 Å². The number of rotatable bonds is 5. The molecule has 1 aromatic carbocycles. The molecule has 106 valence electrons. The summed E-state index contributed by atoms with van der Waals surface area (Å²) >= 11 is 0.